The number of rotatable bonds is 5. The van der Waals surface area contributed by atoms with Gasteiger partial charge >= 0.3 is 0 Å². The SMILES string of the molecule is Cc1ccc(C)c(NC(=O)[C@@H](C)Oc2ccc(=O)n(-c3ccc(C)c(C)c3)n2)c1. The number of hydrogen-bond donors (Lipinski definition) is 1. The van der Waals surface area contributed by atoms with E-state index in [0.717, 1.165) is 27.9 Å². The molecule has 6 heteroatoms. The standard InChI is InChI=1S/C23H25N3O3/c1-14-6-7-16(3)20(12-14)24-23(28)18(5)29-21-10-11-22(27)26(25-21)19-9-8-15(2)17(4)13-19/h6-13,18H,1-5H3,(H,24,28)/t18-/m1/s1. The molecule has 0 bridgehead atoms. The molecule has 2 aromatic carbocycles. The summed E-state index contributed by atoms with van der Waals surface area (Å²) in [6, 6.07) is 14.4. The van der Waals surface area contributed by atoms with E-state index in [0.29, 0.717) is 5.69 Å². The first-order chi connectivity index (χ1) is 13.7. The number of amides is 1. The van der Waals surface area contributed by atoms with E-state index in [2.05, 4.69) is 10.4 Å². The molecule has 3 aromatic rings. The normalized spacial score (nSPS) is 11.8. The van der Waals surface area contributed by atoms with E-state index in [-0.39, 0.29) is 17.3 Å². The molecule has 0 fully saturated rings. The molecule has 0 aliphatic carbocycles. The predicted octanol–water partition coefficient (Wildman–Crippen LogP) is 3.87. The number of aromatic nitrogens is 2. The average molecular weight is 391 g/mol. The van der Waals surface area contributed by atoms with Gasteiger partial charge in [-0.25, -0.2) is 0 Å². The highest BCUT2D eigenvalue weighted by atomic mass is 16.5. The molecule has 1 atom stereocenters. The van der Waals surface area contributed by atoms with Gasteiger partial charge in [0.2, 0.25) is 5.88 Å². The number of ether oxygens (including phenoxy) is 1. The zero-order chi connectivity index (χ0) is 21.1. The Morgan fingerprint density at radius 3 is 2.41 bits per heavy atom. The van der Waals surface area contributed by atoms with E-state index in [4.69, 9.17) is 4.74 Å². The van der Waals surface area contributed by atoms with Crippen LogP contribution in [0.4, 0.5) is 5.69 Å². The zero-order valence-electron chi connectivity index (χ0n) is 17.3. The van der Waals surface area contributed by atoms with Crippen LogP contribution in [-0.2, 0) is 4.79 Å². The third kappa shape index (κ3) is 4.71. The molecule has 0 aliphatic heterocycles. The van der Waals surface area contributed by atoms with Gasteiger partial charge in [0.25, 0.3) is 11.5 Å². The van der Waals surface area contributed by atoms with Crippen molar-refractivity contribution in [2.75, 3.05) is 5.32 Å². The second kappa shape index (κ2) is 8.31. The van der Waals surface area contributed by atoms with E-state index in [9.17, 15) is 9.59 Å². The van der Waals surface area contributed by atoms with Crippen molar-refractivity contribution in [1.29, 1.82) is 0 Å². The molecule has 1 amide bonds. The van der Waals surface area contributed by atoms with Gasteiger partial charge in [0.15, 0.2) is 6.10 Å². The molecule has 6 nitrogen and oxygen atoms in total. The maximum Gasteiger partial charge on any atom is 0.271 e. The zero-order valence-corrected chi connectivity index (χ0v) is 17.3. The molecule has 0 spiro atoms. The summed E-state index contributed by atoms with van der Waals surface area (Å²) < 4.78 is 6.98. The van der Waals surface area contributed by atoms with Gasteiger partial charge in [-0.2, -0.15) is 4.68 Å². The number of benzene rings is 2. The van der Waals surface area contributed by atoms with E-state index >= 15 is 0 Å². The highest BCUT2D eigenvalue weighted by Crippen LogP contribution is 2.18. The van der Waals surface area contributed by atoms with Crippen molar-refractivity contribution in [1.82, 2.24) is 9.78 Å². The van der Waals surface area contributed by atoms with Crippen molar-refractivity contribution >= 4 is 11.6 Å². The number of anilines is 1. The molecule has 150 valence electrons. The van der Waals surface area contributed by atoms with Crippen LogP contribution in [0.25, 0.3) is 5.69 Å². The molecule has 0 saturated heterocycles. The van der Waals surface area contributed by atoms with Gasteiger partial charge in [-0.3, -0.25) is 9.59 Å². The molecule has 3 rings (SSSR count). The highest BCUT2D eigenvalue weighted by Gasteiger charge is 2.17. The van der Waals surface area contributed by atoms with Crippen LogP contribution in [0.2, 0.25) is 0 Å². The number of hydrogen-bond acceptors (Lipinski definition) is 4. The number of carbonyl (C=O) groups excluding carboxylic acids is 1. The smallest absolute Gasteiger partial charge is 0.271 e. The molecule has 0 unspecified atom stereocenters. The van der Waals surface area contributed by atoms with Gasteiger partial charge in [0.05, 0.1) is 5.69 Å². The number of nitrogens with zero attached hydrogens (tertiary/aromatic N) is 2. The van der Waals surface area contributed by atoms with Crippen molar-refractivity contribution in [2.24, 2.45) is 0 Å². The summed E-state index contributed by atoms with van der Waals surface area (Å²) in [5, 5.41) is 7.16. The van der Waals surface area contributed by atoms with Crippen LogP contribution < -0.4 is 15.6 Å². The lowest BCUT2D eigenvalue weighted by molar-refractivity contribution is -0.122. The van der Waals surface area contributed by atoms with Crippen LogP contribution >= 0.6 is 0 Å². The van der Waals surface area contributed by atoms with Gasteiger partial charge < -0.3 is 10.1 Å². The number of nitrogens with one attached hydrogen (secondary N) is 1. The van der Waals surface area contributed by atoms with Gasteiger partial charge in [-0.05, 0) is 75.1 Å². The summed E-state index contributed by atoms with van der Waals surface area (Å²) in [7, 11) is 0. The molecule has 0 radical (unpaired) electrons. The van der Waals surface area contributed by atoms with Gasteiger partial charge in [0.1, 0.15) is 0 Å². The largest absolute Gasteiger partial charge is 0.463 e. The first-order valence-electron chi connectivity index (χ1n) is 9.47. The van der Waals surface area contributed by atoms with Crippen LogP contribution in [-0.4, -0.2) is 21.8 Å². The predicted molar refractivity (Wildman–Crippen MR) is 114 cm³/mol. The Hall–Kier alpha value is -3.41. The first kappa shape index (κ1) is 20.3. The third-order valence-corrected chi connectivity index (χ3v) is 4.83. The quantitative estimate of drug-likeness (QED) is 0.716. The maximum absolute atomic E-state index is 12.6. The lowest BCUT2D eigenvalue weighted by Gasteiger charge is -2.16. The number of aryl methyl sites for hydroxylation is 4. The summed E-state index contributed by atoms with van der Waals surface area (Å²) in [6.07, 6.45) is -0.784. The van der Waals surface area contributed by atoms with Crippen LogP contribution in [0.3, 0.4) is 0 Å². The summed E-state index contributed by atoms with van der Waals surface area (Å²) in [6.45, 7) is 9.53. The monoisotopic (exact) mass is 391 g/mol. The molecule has 0 saturated carbocycles. The Morgan fingerprint density at radius 1 is 0.966 bits per heavy atom. The molecular weight excluding hydrogens is 366 g/mol. The summed E-state index contributed by atoms with van der Waals surface area (Å²) in [5.74, 6) is -0.0872. The van der Waals surface area contributed by atoms with E-state index in [1.54, 1.807) is 6.92 Å². The second-order valence-electron chi connectivity index (χ2n) is 7.26. The molecule has 0 aliphatic rings. The lowest BCUT2D eigenvalue weighted by Crippen LogP contribution is -2.31. The summed E-state index contributed by atoms with van der Waals surface area (Å²) >= 11 is 0. The van der Waals surface area contributed by atoms with Crippen LogP contribution in [0, 0.1) is 27.7 Å². The van der Waals surface area contributed by atoms with Crippen molar-refractivity contribution in [3.8, 4) is 11.6 Å². The molecule has 1 aromatic heterocycles. The van der Waals surface area contributed by atoms with E-state index < -0.39 is 6.10 Å². The Morgan fingerprint density at radius 2 is 1.69 bits per heavy atom. The topological polar surface area (TPSA) is 73.2 Å². The fraction of sp³-hybridized carbons (Fsp3) is 0.261. The molecule has 29 heavy (non-hydrogen) atoms. The first-order valence-corrected chi connectivity index (χ1v) is 9.47. The maximum atomic E-state index is 12.6. The minimum absolute atomic E-state index is 0.200. The Kier molecular flexibility index (Phi) is 5.82. The van der Waals surface area contributed by atoms with Gasteiger partial charge in [-0.1, -0.05) is 18.2 Å². The van der Waals surface area contributed by atoms with Crippen LogP contribution in [0.5, 0.6) is 5.88 Å². The Bertz CT molecular complexity index is 1120. The fourth-order valence-corrected chi connectivity index (χ4v) is 2.84. The van der Waals surface area contributed by atoms with Crippen molar-refractivity contribution in [3.63, 3.8) is 0 Å². The molecule has 1 N–H and O–H groups in total. The van der Waals surface area contributed by atoms with Crippen molar-refractivity contribution < 1.29 is 9.53 Å². The highest BCUT2D eigenvalue weighted by molar-refractivity contribution is 5.94. The minimum Gasteiger partial charge on any atom is -0.463 e. The summed E-state index contributed by atoms with van der Waals surface area (Å²) in [4.78, 5) is 24.8. The third-order valence-electron chi connectivity index (χ3n) is 4.83. The van der Waals surface area contributed by atoms with Crippen LogP contribution in [0.1, 0.15) is 29.2 Å². The van der Waals surface area contributed by atoms with Crippen LogP contribution in [0.15, 0.2) is 53.3 Å². The Balaban J connectivity index is 1.79. The minimum atomic E-state index is -0.784. The summed E-state index contributed by atoms with van der Waals surface area (Å²) in [5.41, 5.74) is 5.34. The number of carbonyl (C=O) groups is 1. The van der Waals surface area contributed by atoms with Gasteiger partial charge in [0, 0.05) is 17.8 Å². The second-order valence-corrected chi connectivity index (χ2v) is 7.26. The lowest BCUT2D eigenvalue weighted by atomic mass is 10.1. The Labute approximate surface area is 170 Å². The molecule has 1 heterocycles. The van der Waals surface area contributed by atoms with Crippen molar-refractivity contribution in [3.05, 3.63) is 81.1 Å². The average Bonchev–Trinajstić information content (AvgIpc) is 2.68. The fourth-order valence-electron chi connectivity index (χ4n) is 2.84. The van der Waals surface area contributed by atoms with Crippen molar-refractivity contribution in [2.45, 2.75) is 40.7 Å². The van der Waals surface area contributed by atoms with E-state index in [1.807, 2.05) is 64.1 Å². The van der Waals surface area contributed by atoms with Gasteiger partial charge in [-0.15, -0.1) is 5.10 Å². The molecular formula is C23H25N3O3. The van der Waals surface area contributed by atoms with E-state index in [1.165, 1.54) is 16.8 Å².